The molecule has 88 valence electrons. The molecule has 1 atom stereocenters. The minimum atomic E-state index is -0.695. The number of carbonyl (C=O) groups excluding carboxylic acids is 1. The van der Waals surface area contributed by atoms with Gasteiger partial charge in [0.15, 0.2) is 0 Å². The number of allylic oxidation sites excluding steroid dienone is 1. The Balaban J connectivity index is 2.25. The summed E-state index contributed by atoms with van der Waals surface area (Å²) in [5.74, 6) is 0.0435. The molecule has 2 rings (SSSR count). The maximum atomic E-state index is 11.6. The van der Waals surface area contributed by atoms with Crippen LogP contribution in [-0.2, 0) is 9.53 Å². The van der Waals surface area contributed by atoms with Gasteiger partial charge in [-0.15, -0.1) is 0 Å². The van der Waals surface area contributed by atoms with Crippen LogP contribution in [0.25, 0.3) is 5.76 Å². The molecule has 0 aliphatic heterocycles. The fourth-order valence-electron chi connectivity index (χ4n) is 1.69. The van der Waals surface area contributed by atoms with Crippen molar-refractivity contribution in [1.29, 1.82) is 0 Å². The number of rotatable bonds is 2. The fraction of sp³-hybridized carbons (Fsp3) is 0.214. The molecule has 1 aromatic carbocycles. The quantitative estimate of drug-likeness (QED) is 0.627. The third-order valence-corrected chi connectivity index (χ3v) is 2.81. The third-order valence-electron chi connectivity index (χ3n) is 2.81. The number of carbonyl (C=O) groups is 1. The largest absolute Gasteiger partial charge is 0.423 e. The molecular weight excluding hydrogens is 216 g/mol. The van der Waals surface area contributed by atoms with Gasteiger partial charge in [-0.05, 0) is 25.5 Å². The van der Waals surface area contributed by atoms with Gasteiger partial charge in [0, 0.05) is 11.1 Å². The van der Waals surface area contributed by atoms with Crippen molar-refractivity contribution in [3.8, 4) is 0 Å². The zero-order valence-corrected chi connectivity index (χ0v) is 9.81. The SMILES string of the molecule is C/C=C(/C)C(=O)OC1=CC(O)c2ccccc21. The van der Waals surface area contributed by atoms with Crippen molar-refractivity contribution in [2.24, 2.45) is 0 Å². The lowest BCUT2D eigenvalue weighted by Gasteiger charge is -2.06. The molecule has 3 heteroatoms. The van der Waals surface area contributed by atoms with Gasteiger partial charge < -0.3 is 9.84 Å². The predicted molar refractivity (Wildman–Crippen MR) is 64.9 cm³/mol. The smallest absolute Gasteiger partial charge is 0.338 e. The van der Waals surface area contributed by atoms with Crippen LogP contribution in [0.3, 0.4) is 0 Å². The molecule has 0 bridgehead atoms. The van der Waals surface area contributed by atoms with Crippen LogP contribution in [0.1, 0.15) is 31.1 Å². The molecule has 0 radical (unpaired) electrons. The van der Waals surface area contributed by atoms with Crippen molar-refractivity contribution in [2.75, 3.05) is 0 Å². The van der Waals surface area contributed by atoms with Crippen molar-refractivity contribution in [3.63, 3.8) is 0 Å². The summed E-state index contributed by atoms with van der Waals surface area (Å²) < 4.78 is 5.25. The predicted octanol–water partition coefficient (Wildman–Crippen LogP) is 2.58. The lowest BCUT2D eigenvalue weighted by atomic mass is 10.1. The van der Waals surface area contributed by atoms with Gasteiger partial charge in [0.1, 0.15) is 11.9 Å². The first-order chi connectivity index (χ1) is 8.13. The highest BCUT2D eigenvalue weighted by atomic mass is 16.5. The highest BCUT2D eigenvalue weighted by Crippen LogP contribution is 2.34. The second-order valence-electron chi connectivity index (χ2n) is 3.92. The average molecular weight is 230 g/mol. The van der Waals surface area contributed by atoms with Crippen molar-refractivity contribution in [2.45, 2.75) is 20.0 Å². The van der Waals surface area contributed by atoms with E-state index in [1.807, 2.05) is 24.3 Å². The van der Waals surface area contributed by atoms with Gasteiger partial charge in [0.05, 0.1) is 0 Å². The monoisotopic (exact) mass is 230 g/mol. The van der Waals surface area contributed by atoms with Crippen molar-refractivity contribution in [1.82, 2.24) is 0 Å². The van der Waals surface area contributed by atoms with Crippen LogP contribution in [0.5, 0.6) is 0 Å². The maximum Gasteiger partial charge on any atom is 0.338 e. The van der Waals surface area contributed by atoms with Crippen LogP contribution >= 0.6 is 0 Å². The lowest BCUT2D eigenvalue weighted by Crippen LogP contribution is -2.04. The Kier molecular flexibility index (Phi) is 3.11. The Morgan fingerprint density at radius 3 is 2.82 bits per heavy atom. The summed E-state index contributed by atoms with van der Waals surface area (Å²) in [6, 6.07) is 7.34. The summed E-state index contributed by atoms with van der Waals surface area (Å²) in [5.41, 5.74) is 2.09. The minimum absolute atomic E-state index is 0.386. The standard InChI is InChI=1S/C14H14O3/c1-3-9(2)14(16)17-13-8-12(15)10-6-4-5-7-11(10)13/h3-8,12,15H,1-2H3/b9-3-. The molecule has 0 saturated heterocycles. The van der Waals surface area contributed by atoms with Gasteiger partial charge >= 0.3 is 5.97 Å². The molecule has 0 aromatic heterocycles. The van der Waals surface area contributed by atoms with E-state index in [2.05, 4.69) is 0 Å². The Labute approximate surface area is 100 Å². The third kappa shape index (κ3) is 2.15. The van der Waals surface area contributed by atoms with Gasteiger partial charge in [0.2, 0.25) is 0 Å². The Bertz CT molecular complexity index is 512. The molecule has 1 N–H and O–H groups in total. The van der Waals surface area contributed by atoms with E-state index in [1.165, 1.54) is 0 Å². The maximum absolute atomic E-state index is 11.6. The lowest BCUT2D eigenvalue weighted by molar-refractivity contribution is -0.132. The van der Waals surface area contributed by atoms with E-state index in [9.17, 15) is 9.90 Å². The van der Waals surface area contributed by atoms with E-state index in [1.54, 1.807) is 26.0 Å². The summed E-state index contributed by atoms with van der Waals surface area (Å²) in [4.78, 5) is 11.6. The molecular formula is C14H14O3. The first kappa shape index (κ1) is 11.6. The summed E-state index contributed by atoms with van der Waals surface area (Å²) in [7, 11) is 0. The number of ether oxygens (including phenoxy) is 1. The second-order valence-corrected chi connectivity index (χ2v) is 3.92. The molecule has 1 aliphatic rings. The summed E-state index contributed by atoms with van der Waals surface area (Å²) in [6.07, 6.45) is 2.55. The van der Waals surface area contributed by atoms with Crippen molar-refractivity contribution in [3.05, 3.63) is 53.1 Å². The normalized spacial score (nSPS) is 18.6. The first-order valence-electron chi connectivity index (χ1n) is 5.47. The molecule has 0 spiro atoms. The fourth-order valence-corrected chi connectivity index (χ4v) is 1.69. The molecule has 1 unspecified atom stereocenters. The van der Waals surface area contributed by atoms with E-state index < -0.39 is 6.10 Å². The number of hydrogen-bond donors (Lipinski definition) is 1. The Hall–Kier alpha value is -1.87. The second kappa shape index (κ2) is 4.55. The van der Waals surface area contributed by atoms with E-state index in [4.69, 9.17) is 4.74 Å². The van der Waals surface area contributed by atoms with Crippen molar-refractivity contribution < 1.29 is 14.6 Å². The molecule has 17 heavy (non-hydrogen) atoms. The van der Waals surface area contributed by atoms with Gasteiger partial charge in [-0.3, -0.25) is 0 Å². The van der Waals surface area contributed by atoms with Crippen LogP contribution in [0.15, 0.2) is 42.0 Å². The van der Waals surface area contributed by atoms with E-state index >= 15 is 0 Å². The van der Waals surface area contributed by atoms with Gasteiger partial charge in [-0.2, -0.15) is 0 Å². The summed E-state index contributed by atoms with van der Waals surface area (Å²) in [5, 5.41) is 9.78. The highest BCUT2D eigenvalue weighted by Gasteiger charge is 2.24. The minimum Gasteiger partial charge on any atom is -0.423 e. The highest BCUT2D eigenvalue weighted by molar-refractivity contribution is 5.92. The topological polar surface area (TPSA) is 46.5 Å². The molecule has 0 saturated carbocycles. The number of aliphatic hydroxyl groups is 1. The van der Waals surface area contributed by atoms with Crippen LogP contribution in [-0.4, -0.2) is 11.1 Å². The number of esters is 1. The van der Waals surface area contributed by atoms with Crippen molar-refractivity contribution >= 4 is 11.7 Å². The molecule has 0 heterocycles. The van der Waals surface area contributed by atoms with E-state index in [0.717, 1.165) is 11.1 Å². The van der Waals surface area contributed by atoms with Crippen LogP contribution in [0, 0.1) is 0 Å². The number of hydrogen-bond acceptors (Lipinski definition) is 3. The zero-order chi connectivity index (χ0) is 12.4. The number of fused-ring (bicyclic) bond motifs is 1. The van der Waals surface area contributed by atoms with Gasteiger partial charge in [-0.25, -0.2) is 4.79 Å². The van der Waals surface area contributed by atoms with E-state index in [-0.39, 0.29) is 5.97 Å². The summed E-state index contributed by atoms with van der Waals surface area (Å²) in [6.45, 7) is 3.47. The average Bonchev–Trinajstić information content (AvgIpc) is 2.66. The zero-order valence-electron chi connectivity index (χ0n) is 9.81. The van der Waals surface area contributed by atoms with Crippen LogP contribution < -0.4 is 0 Å². The molecule has 0 fully saturated rings. The Morgan fingerprint density at radius 2 is 2.12 bits per heavy atom. The first-order valence-corrected chi connectivity index (χ1v) is 5.47. The van der Waals surface area contributed by atoms with E-state index in [0.29, 0.717) is 11.3 Å². The van der Waals surface area contributed by atoms with Crippen LogP contribution in [0.2, 0.25) is 0 Å². The summed E-state index contributed by atoms with van der Waals surface area (Å²) >= 11 is 0. The van der Waals surface area contributed by atoms with Gasteiger partial charge in [0.25, 0.3) is 0 Å². The molecule has 3 nitrogen and oxygen atoms in total. The number of benzene rings is 1. The van der Waals surface area contributed by atoms with Gasteiger partial charge in [-0.1, -0.05) is 30.3 Å². The molecule has 0 amide bonds. The number of aliphatic hydroxyl groups excluding tert-OH is 1. The Morgan fingerprint density at radius 1 is 1.41 bits per heavy atom. The van der Waals surface area contributed by atoms with Crippen LogP contribution in [0.4, 0.5) is 0 Å². The molecule has 1 aromatic rings. The molecule has 1 aliphatic carbocycles.